The van der Waals surface area contributed by atoms with E-state index in [1.54, 1.807) is 32.2 Å². The quantitative estimate of drug-likeness (QED) is 0.446. The van der Waals surface area contributed by atoms with E-state index < -0.39 is 21.9 Å². The lowest BCUT2D eigenvalue weighted by molar-refractivity contribution is -0.118. The molecule has 0 spiro atoms. The lowest BCUT2D eigenvalue weighted by atomic mass is 9.99. The van der Waals surface area contributed by atoms with Crippen LogP contribution < -0.4 is 9.50 Å². The molecule has 0 radical (unpaired) electrons. The van der Waals surface area contributed by atoms with Crippen LogP contribution in [0.1, 0.15) is 12.5 Å². The van der Waals surface area contributed by atoms with Crippen LogP contribution in [0.15, 0.2) is 52.6 Å². The fourth-order valence-corrected chi connectivity index (χ4v) is 6.11. The van der Waals surface area contributed by atoms with Crippen LogP contribution in [0.5, 0.6) is 5.75 Å². The number of hydrogen-bond acceptors (Lipinski definition) is 11. The van der Waals surface area contributed by atoms with Gasteiger partial charge in [0.15, 0.2) is 11.7 Å². The third-order valence-corrected chi connectivity index (χ3v) is 8.16. The van der Waals surface area contributed by atoms with Gasteiger partial charge >= 0.3 is 10.1 Å². The Morgan fingerprint density at radius 3 is 2.79 bits per heavy atom. The number of hydrogen-bond donors (Lipinski definition) is 1. The van der Waals surface area contributed by atoms with Crippen molar-refractivity contribution in [3.05, 3.63) is 58.1 Å². The van der Waals surface area contributed by atoms with E-state index in [2.05, 4.69) is 15.5 Å². The molecule has 0 saturated heterocycles. The van der Waals surface area contributed by atoms with Gasteiger partial charge in [0.05, 0.1) is 10.9 Å². The van der Waals surface area contributed by atoms with Gasteiger partial charge in [-0.05, 0) is 30.0 Å². The number of allylic oxidation sites excluding steroid dienone is 1. The molecule has 4 rings (SSSR count). The Morgan fingerprint density at radius 2 is 2.12 bits per heavy atom. The predicted molar refractivity (Wildman–Crippen MR) is 127 cm³/mol. The molecule has 10 nitrogen and oxygen atoms in total. The molecule has 2 aromatic heterocycles. The molecule has 0 fully saturated rings. The number of benzene rings is 1. The molecule has 13 heteroatoms. The Hall–Kier alpha value is -3.47. The Kier molecular flexibility index (Phi) is 6.82. The van der Waals surface area contributed by atoms with Crippen molar-refractivity contribution < 1.29 is 22.1 Å². The first kappa shape index (κ1) is 23.7. The van der Waals surface area contributed by atoms with E-state index in [-0.39, 0.29) is 34.8 Å². The van der Waals surface area contributed by atoms with E-state index >= 15 is 0 Å². The number of carbonyl (C=O) groups is 1. The summed E-state index contributed by atoms with van der Waals surface area (Å²) in [5, 5.41) is 23.0. The Bertz CT molecular complexity index is 1380. The number of amides is 1. The van der Waals surface area contributed by atoms with Crippen molar-refractivity contribution in [3.63, 3.8) is 0 Å². The van der Waals surface area contributed by atoms with Crippen molar-refractivity contribution in [2.75, 3.05) is 19.1 Å². The smallest absolute Gasteiger partial charge is 0.358 e. The summed E-state index contributed by atoms with van der Waals surface area (Å²) >= 11 is 2.70. The second kappa shape index (κ2) is 9.80. The molecule has 1 aliphatic rings. The highest BCUT2D eigenvalue weighted by molar-refractivity contribution is 7.91. The minimum atomic E-state index is -4.18. The summed E-state index contributed by atoms with van der Waals surface area (Å²) in [5.74, 6) is -1.42. The summed E-state index contributed by atoms with van der Waals surface area (Å²) in [6.45, 7) is 1.64. The number of nitrogens with one attached hydrogen (secondary N) is 1. The molecule has 176 valence electrons. The average molecular weight is 518 g/mol. The van der Waals surface area contributed by atoms with E-state index in [4.69, 9.17) is 8.92 Å². The fourth-order valence-electron chi connectivity index (χ4n) is 3.24. The minimum absolute atomic E-state index is 0.0343. The van der Waals surface area contributed by atoms with Gasteiger partial charge < -0.3 is 13.8 Å². The van der Waals surface area contributed by atoms with Crippen molar-refractivity contribution in [3.8, 4) is 21.7 Å². The molecular formula is C21H19N5O5S3. The summed E-state index contributed by atoms with van der Waals surface area (Å²) in [7, 11) is -2.61. The molecule has 0 saturated carbocycles. The molecule has 1 amide bonds. The van der Waals surface area contributed by atoms with E-state index in [0.717, 1.165) is 4.88 Å². The normalized spacial score (nSPS) is 14.4. The van der Waals surface area contributed by atoms with Crippen LogP contribution in [-0.2, 0) is 26.1 Å². The number of ether oxygens (including phenoxy) is 1. The molecule has 1 unspecified atom stereocenters. The van der Waals surface area contributed by atoms with Gasteiger partial charge in [-0.25, -0.2) is 0 Å². The lowest BCUT2D eigenvalue weighted by Gasteiger charge is -2.16. The highest BCUT2D eigenvalue weighted by atomic mass is 32.2. The van der Waals surface area contributed by atoms with Gasteiger partial charge in [-0.3, -0.25) is 10.1 Å². The fraction of sp³-hybridized carbons (Fsp3) is 0.238. The van der Waals surface area contributed by atoms with Crippen LogP contribution in [0.4, 0.5) is 5.13 Å². The van der Waals surface area contributed by atoms with Crippen molar-refractivity contribution in [1.82, 2.24) is 15.1 Å². The predicted octanol–water partition coefficient (Wildman–Crippen LogP) is 3.40. The van der Waals surface area contributed by atoms with E-state index in [1.807, 2.05) is 23.6 Å². The van der Waals surface area contributed by atoms with Crippen molar-refractivity contribution in [2.45, 2.75) is 13.3 Å². The second-order valence-corrected chi connectivity index (χ2v) is 10.6. The third kappa shape index (κ3) is 5.04. The molecule has 1 aromatic carbocycles. The number of carbonyl (C=O) groups excluding carboxylic acids is 1. The van der Waals surface area contributed by atoms with Gasteiger partial charge in [-0.2, -0.15) is 13.7 Å². The van der Waals surface area contributed by atoms with Gasteiger partial charge in [-0.1, -0.05) is 35.6 Å². The summed E-state index contributed by atoms with van der Waals surface area (Å²) in [6, 6.07) is 12.1. The first-order chi connectivity index (χ1) is 16.3. The SMILES string of the molecule is CC1=C(S(=O)(=O)Oc2ccccc2CC(C#N)C(=O)Nc2nnc(-c3cccs3)s2)N(C)CO1. The van der Waals surface area contributed by atoms with E-state index in [1.165, 1.54) is 33.6 Å². The number of aromatic nitrogens is 2. The molecule has 1 atom stereocenters. The monoisotopic (exact) mass is 517 g/mol. The topological polar surface area (TPSA) is 135 Å². The van der Waals surface area contributed by atoms with E-state index in [9.17, 15) is 18.5 Å². The molecule has 3 heterocycles. The second-order valence-electron chi connectivity index (χ2n) is 7.24. The standard InChI is InChI=1S/C21H19N5O5S3/c1-13-20(26(2)12-30-13)34(28,29)31-16-7-4-3-6-14(16)10-15(11-22)18(27)23-21-25-24-19(33-21)17-8-5-9-32-17/h3-9,15H,10,12H2,1-2H3,(H,23,25,27). The lowest BCUT2D eigenvalue weighted by Crippen LogP contribution is -2.25. The molecule has 1 N–H and O–H groups in total. The molecule has 34 heavy (non-hydrogen) atoms. The highest BCUT2D eigenvalue weighted by Gasteiger charge is 2.33. The van der Waals surface area contributed by atoms with Crippen molar-refractivity contribution >= 4 is 43.8 Å². The summed E-state index contributed by atoms with van der Waals surface area (Å²) in [4.78, 5) is 15.1. The molecule has 0 bridgehead atoms. The van der Waals surface area contributed by atoms with Gasteiger partial charge in [0, 0.05) is 13.5 Å². The maximum Gasteiger partial charge on any atom is 0.358 e. The summed E-state index contributed by atoms with van der Waals surface area (Å²) in [5.41, 5.74) is 0.393. The zero-order chi connectivity index (χ0) is 24.3. The Balaban J connectivity index is 1.49. The zero-order valence-electron chi connectivity index (χ0n) is 18.1. The Morgan fingerprint density at radius 1 is 1.32 bits per heavy atom. The van der Waals surface area contributed by atoms with Crippen molar-refractivity contribution in [2.24, 2.45) is 5.92 Å². The average Bonchev–Trinajstić information content (AvgIpc) is 3.54. The molecule has 3 aromatic rings. The van der Waals surface area contributed by atoms with Gasteiger partial charge in [0.25, 0.3) is 0 Å². The van der Waals surface area contributed by atoms with Crippen LogP contribution in [0.2, 0.25) is 0 Å². The van der Waals surface area contributed by atoms with E-state index in [0.29, 0.717) is 10.6 Å². The highest BCUT2D eigenvalue weighted by Crippen LogP contribution is 2.31. The molecule has 1 aliphatic heterocycles. The first-order valence-electron chi connectivity index (χ1n) is 9.93. The van der Waals surface area contributed by atoms with Crippen LogP contribution in [-0.4, -0.2) is 43.2 Å². The zero-order valence-corrected chi connectivity index (χ0v) is 20.5. The Labute approximate surface area is 204 Å². The van der Waals surface area contributed by atoms with Gasteiger partial charge in [-0.15, -0.1) is 21.5 Å². The molecular weight excluding hydrogens is 498 g/mol. The first-order valence-corrected chi connectivity index (χ1v) is 13.0. The number of nitriles is 1. The maximum atomic E-state index is 12.8. The summed E-state index contributed by atoms with van der Waals surface area (Å²) in [6.07, 6.45) is -0.0605. The van der Waals surface area contributed by atoms with Gasteiger partial charge in [0.2, 0.25) is 16.1 Å². The van der Waals surface area contributed by atoms with Crippen LogP contribution in [0.25, 0.3) is 9.88 Å². The van der Waals surface area contributed by atoms with Crippen LogP contribution in [0, 0.1) is 17.2 Å². The number of anilines is 1. The minimum Gasteiger partial charge on any atom is -0.475 e. The third-order valence-electron chi connectivity index (χ3n) is 4.81. The number of thiophene rings is 1. The van der Waals surface area contributed by atoms with Crippen LogP contribution in [0.3, 0.4) is 0 Å². The maximum absolute atomic E-state index is 12.8. The largest absolute Gasteiger partial charge is 0.475 e. The molecule has 0 aliphatic carbocycles. The van der Waals surface area contributed by atoms with Crippen molar-refractivity contribution in [1.29, 1.82) is 5.26 Å². The summed E-state index contributed by atoms with van der Waals surface area (Å²) < 4.78 is 36.3. The number of nitrogens with zero attached hydrogens (tertiary/aromatic N) is 4. The number of para-hydroxylation sites is 1. The van der Waals surface area contributed by atoms with Gasteiger partial charge in [0.1, 0.15) is 17.4 Å². The number of rotatable bonds is 8. The van der Waals surface area contributed by atoms with Crippen LogP contribution >= 0.6 is 22.7 Å².